The summed E-state index contributed by atoms with van der Waals surface area (Å²) in [4.78, 5) is 37.3. The van der Waals surface area contributed by atoms with Gasteiger partial charge in [0.05, 0.1) is 7.11 Å². The molecular formula is C20H36N2O4. The van der Waals surface area contributed by atoms with Gasteiger partial charge in [-0.3, -0.25) is 9.59 Å². The Morgan fingerprint density at radius 3 is 2.04 bits per heavy atom. The highest BCUT2D eigenvalue weighted by atomic mass is 16.5. The Hall–Kier alpha value is -1.59. The summed E-state index contributed by atoms with van der Waals surface area (Å²) in [5.41, 5.74) is 0. The van der Waals surface area contributed by atoms with E-state index in [-0.39, 0.29) is 29.6 Å². The molecule has 2 amide bonds. The predicted molar refractivity (Wildman–Crippen MR) is 101 cm³/mol. The van der Waals surface area contributed by atoms with Crippen molar-refractivity contribution in [2.24, 2.45) is 23.7 Å². The molecule has 0 aromatic carbocycles. The van der Waals surface area contributed by atoms with E-state index in [4.69, 9.17) is 4.74 Å². The lowest BCUT2D eigenvalue weighted by atomic mass is 9.82. The van der Waals surface area contributed by atoms with Crippen LogP contribution in [0.4, 0.5) is 0 Å². The van der Waals surface area contributed by atoms with Crippen molar-refractivity contribution in [1.82, 2.24) is 10.6 Å². The van der Waals surface area contributed by atoms with Crippen LogP contribution in [0.1, 0.15) is 66.7 Å². The van der Waals surface area contributed by atoms with Gasteiger partial charge >= 0.3 is 5.97 Å². The SMILES string of the molecule is COC(=O)[C@H](NC(=O)[C@@H](CC(C)C)NC(=O)C1CCC(C)CC1)C(C)C. The molecule has 1 saturated carbocycles. The van der Waals surface area contributed by atoms with Crippen LogP contribution in [0.2, 0.25) is 0 Å². The van der Waals surface area contributed by atoms with Crippen LogP contribution in [0.5, 0.6) is 0 Å². The van der Waals surface area contributed by atoms with Crippen molar-refractivity contribution in [3.63, 3.8) is 0 Å². The smallest absolute Gasteiger partial charge is 0.328 e. The molecule has 150 valence electrons. The van der Waals surface area contributed by atoms with E-state index in [1.165, 1.54) is 7.11 Å². The highest BCUT2D eigenvalue weighted by Crippen LogP contribution is 2.28. The number of carbonyl (C=O) groups excluding carboxylic acids is 3. The Morgan fingerprint density at radius 2 is 1.58 bits per heavy atom. The first kappa shape index (κ1) is 22.5. The molecule has 1 aliphatic rings. The van der Waals surface area contributed by atoms with Crippen LogP contribution in [-0.4, -0.2) is 37.0 Å². The van der Waals surface area contributed by atoms with Crippen LogP contribution < -0.4 is 10.6 Å². The third-order valence-corrected chi connectivity index (χ3v) is 5.15. The minimum atomic E-state index is -0.713. The lowest BCUT2D eigenvalue weighted by Gasteiger charge is -2.29. The molecule has 0 radical (unpaired) electrons. The summed E-state index contributed by atoms with van der Waals surface area (Å²) in [6.07, 6.45) is 4.39. The van der Waals surface area contributed by atoms with Gasteiger partial charge in [0.15, 0.2) is 0 Å². The number of rotatable bonds is 8. The van der Waals surface area contributed by atoms with Crippen molar-refractivity contribution >= 4 is 17.8 Å². The van der Waals surface area contributed by atoms with Crippen molar-refractivity contribution in [2.75, 3.05) is 7.11 Å². The van der Waals surface area contributed by atoms with Crippen LogP contribution in [0.25, 0.3) is 0 Å². The highest BCUT2D eigenvalue weighted by molar-refractivity contribution is 5.91. The number of ether oxygens (including phenoxy) is 1. The van der Waals surface area contributed by atoms with Gasteiger partial charge in [0, 0.05) is 5.92 Å². The maximum atomic E-state index is 12.8. The van der Waals surface area contributed by atoms with E-state index in [1.807, 2.05) is 27.7 Å². The normalized spacial score (nSPS) is 22.6. The summed E-state index contributed by atoms with van der Waals surface area (Å²) in [6, 6.07) is -1.35. The molecule has 0 aliphatic heterocycles. The number of amides is 2. The first-order chi connectivity index (χ1) is 12.1. The predicted octanol–water partition coefficient (Wildman–Crippen LogP) is 2.66. The second-order valence-electron chi connectivity index (χ2n) is 8.40. The third-order valence-electron chi connectivity index (χ3n) is 5.15. The first-order valence-electron chi connectivity index (χ1n) is 9.84. The zero-order chi connectivity index (χ0) is 19.9. The Morgan fingerprint density at radius 1 is 1.00 bits per heavy atom. The second kappa shape index (κ2) is 10.5. The van der Waals surface area contributed by atoms with E-state index in [2.05, 4.69) is 17.6 Å². The number of hydrogen-bond donors (Lipinski definition) is 2. The molecule has 6 heteroatoms. The van der Waals surface area contributed by atoms with Crippen molar-refractivity contribution in [3.05, 3.63) is 0 Å². The Kier molecular flexibility index (Phi) is 9.09. The zero-order valence-corrected chi connectivity index (χ0v) is 17.1. The number of hydrogen-bond acceptors (Lipinski definition) is 4. The summed E-state index contributed by atoms with van der Waals surface area (Å²) < 4.78 is 4.78. The maximum Gasteiger partial charge on any atom is 0.328 e. The maximum absolute atomic E-state index is 12.8. The quantitative estimate of drug-likeness (QED) is 0.645. The second-order valence-corrected chi connectivity index (χ2v) is 8.40. The van der Waals surface area contributed by atoms with Gasteiger partial charge < -0.3 is 15.4 Å². The topological polar surface area (TPSA) is 84.5 Å². The van der Waals surface area contributed by atoms with E-state index >= 15 is 0 Å². The third kappa shape index (κ3) is 6.96. The molecule has 1 rings (SSSR count). The van der Waals surface area contributed by atoms with Crippen LogP contribution in [0.15, 0.2) is 0 Å². The van der Waals surface area contributed by atoms with E-state index in [9.17, 15) is 14.4 Å². The molecular weight excluding hydrogens is 332 g/mol. The fourth-order valence-electron chi connectivity index (χ4n) is 3.39. The monoisotopic (exact) mass is 368 g/mol. The van der Waals surface area contributed by atoms with E-state index in [1.54, 1.807) is 0 Å². The largest absolute Gasteiger partial charge is 0.467 e. The lowest BCUT2D eigenvalue weighted by Crippen LogP contribution is -2.54. The van der Waals surface area contributed by atoms with E-state index < -0.39 is 18.1 Å². The van der Waals surface area contributed by atoms with Crippen molar-refractivity contribution in [1.29, 1.82) is 0 Å². The highest BCUT2D eigenvalue weighted by Gasteiger charge is 2.32. The summed E-state index contributed by atoms with van der Waals surface area (Å²) in [6.45, 7) is 9.92. The molecule has 0 bridgehead atoms. The average molecular weight is 369 g/mol. The summed E-state index contributed by atoms with van der Waals surface area (Å²) in [7, 11) is 1.31. The van der Waals surface area contributed by atoms with Gasteiger partial charge in [0.1, 0.15) is 12.1 Å². The van der Waals surface area contributed by atoms with Gasteiger partial charge in [0.25, 0.3) is 0 Å². The number of carbonyl (C=O) groups is 3. The van der Waals surface area contributed by atoms with Gasteiger partial charge in [-0.2, -0.15) is 0 Å². The first-order valence-corrected chi connectivity index (χ1v) is 9.84. The Labute approximate surface area is 157 Å². The van der Waals surface area contributed by atoms with Gasteiger partial charge in [-0.05, 0) is 49.9 Å². The zero-order valence-electron chi connectivity index (χ0n) is 17.1. The van der Waals surface area contributed by atoms with E-state index in [0.717, 1.165) is 25.7 Å². The molecule has 1 fully saturated rings. The molecule has 0 aromatic heterocycles. The summed E-state index contributed by atoms with van der Waals surface area (Å²) in [5, 5.41) is 5.69. The van der Waals surface area contributed by atoms with Gasteiger partial charge in [-0.25, -0.2) is 4.79 Å². The molecule has 0 spiro atoms. The Bertz CT molecular complexity index is 482. The van der Waals surface area contributed by atoms with Crippen molar-refractivity contribution in [2.45, 2.75) is 78.8 Å². The van der Waals surface area contributed by atoms with Gasteiger partial charge in [-0.1, -0.05) is 34.6 Å². The van der Waals surface area contributed by atoms with Crippen molar-refractivity contribution < 1.29 is 19.1 Å². The molecule has 1 aliphatic carbocycles. The molecule has 2 N–H and O–H groups in total. The number of nitrogens with one attached hydrogen (secondary N) is 2. The average Bonchev–Trinajstić information content (AvgIpc) is 2.58. The van der Waals surface area contributed by atoms with Crippen LogP contribution in [-0.2, 0) is 19.1 Å². The van der Waals surface area contributed by atoms with Crippen LogP contribution in [0, 0.1) is 23.7 Å². The van der Waals surface area contributed by atoms with Crippen LogP contribution >= 0.6 is 0 Å². The number of methoxy groups -OCH3 is 1. The molecule has 6 nitrogen and oxygen atoms in total. The van der Waals surface area contributed by atoms with Crippen LogP contribution in [0.3, 0.4) is 0 Å². The van der Waals surface area contributed by atoms with Crippen molar-refractivity contribution in [3.8, 4) is 0 Å². The van der Waals surface area contributed by atoms with Gasteiger partial charge in [0.2, 0.25) is 11.8 Å². The molecule has 0 heterocycles. The molecule has 0 unspecified atom stereocenters. The van der Waals surface area contributed by atoms with E-state index in [0.29, 0.717) is 12.3 Å². The standard InChI is InChI=1S/C20H36N2O4/c1-12(2)11-16(19(24)22-17(13(3)4)20(25)26-6)21-18(23)15-9-7-14(5)8-10-15/h12-17H,7-11H2,1-6H3,(H,21,23)(H,22,24)/t14?,15?,16-,17-/m1/s1. The molecule has 26 heavy (non-hydrogen) atoms. The summed E-state index contributed by atoms with van der Waals surface area (Å²) in [5.74, 6) is -0.0352. The minimum absolute atomic E-state index is 0.0184. The number of esters is 1. The molecule has 0 aromatic rings. The van der Waals surface area contributed by atoms with Gasteiger partial charge in [-0.15, -0.1) is 0 Å². The molecule has 2 atom stereocenters. The minimum Gasteiger partial charge on any atom is -0.467 e. The Balaban J connectivity index is 2.76. The fraction of sp³-hybridized carbons (Fsp3) is 0.850. The molecule has 0 saturated heterocycles. The summed E-state index contributed by atoms with van der Waals surface area (Å²) >= 11 is 0. The fourth-order valence-corrected chi connectivity index (χ4v) is 3.39. The lowest BCUT2D eigenvalue weighted by molar-refractivity contribution is -0.146.